The van der Waals surface area contributed by atoms with Gasteiger partial charge in [0.2, 0.25) is 0 Å². The van der Waals surface area contributed by atoms with Crippen molar-refractivity contribution in [3.8, 4) is 0 Å². The molecule has 0 radical (unpaired) electrons. The molecule has 132 valence electrons. The highest BCUT2D eigenvalue weighted by Gasteiger charge is 2.16. The van der Waals surface area contributed by atoms with Crippen molar-refractivity contribution in [2.75, 3.05) is 6.61 Å². The Morgan fingerprint density at radius 1 is 1.12 bits per heavy atom. The average Bonchev–Trinajstić information content (AvgIpc) is 2.52. The highest BCUT2D eigenvalue weighted by Crippen LogP contribution is 2.17. The highest BCUT2D eigenvalue weighted by molar-refractivity contribution is 5.92. The van der Waals surface area contributed by atoms with Gasteiger partial charge in [-0.15, -0.1) is 0 Å². The number of ether oxygens (including phenoxy) is 1. The SMILES string of the molecule is Cc1ccc(C(=O)OCC(=O)N[C@@H](C)c2ccc(F)cc2F)c(C)c1. The number of nitrogens with one attached hydrogen (secondary N) is 1. The molecular formula is C19H19F2NO3. The van der Waals surface area contributed by atoms with E-state index in [2.05, 4.69) is 5.32 Å². The van der Waals surface area contributed by atoms with E-state index in [0.29, 0.717) is 5.56 Å². The summed E-state index contributed by atoms with van der Waals surface area (Å²) in [6.45, 7) is 4.76. The van der Waals surface area contributed by atoms with E-state index >= 15 is 0 Å². The summed E-state index contributed by atoms with van der Waals surface area (Å²) in [6, 6.07) is 7.70. The van der Waals surface area contributed by atoms with E-state index in [1.165, 1.54) is 6.07 Å². The Hall–Kier alpha value is -2.76. The van der Waals surface area contributed by atoms with Crippen molar-refractivity contribution in [2.45, 2.75) is 26.8 Å². The zero-order valence-corrected chi connectivity index (χ0v) is 14.2. The van der Waals surface area contributed by atoms with Crippen LogP contribution in [-0.4, -0.2) is 18.5 Å². The zero-order valence-electron chi connectivity index (χ0n) is 14.2. The van der Waals surface area contributed by atoms with E-state index in [1.807, 2.05) is 13.0 Å². The minimum atomic E-state index is -0.750. The van der Waals surface area contributed by atoms with E-state index in [-0.39, 0.29) is 5.56 Å². The summed E-state index contributed by atoms with van der Waals surface area (Å²) in [6.07, 6.45) is 0. The molecule has 1 amide bonds. The first-order chi connectivity index (χ1) is 11.8. The van der Waals surface area contributed by atoms with E-state index < -0.39 is 36.2 Å². The number of amides is 1. The smallest absolute Gasteiger partial charge is 0.338 e. The maximum absolute atomic E-state index is 13.7. The summed E-state index contributed by atoms with van der Waals surface area (Å²) in [5.74, 6) is -2.62. The molecular weight excluding hydrogens is 328 g/mol. The third kappa shape index (κ3) is 4.86. The number of esters is 1. The van der Waals surface area contributed by atoms with Crippen LogP contribution in [0.1, 0.15) is 40.0 Å². The number of carbonyl (C=O) groups excluding carboxylic acids is 2. The molecule has 0 spiro atoms. The molecule has 2 aromatic rings. The summed E-state index contributed by atoms with van der Waals surface area (Å²) in [5, 5.41) is 2.51. The maximum Gasteiger partial charge on any atom is 0.338 e. The van der Waals surface area contributed by atoms with Gasteiger partial charge in [0.15, 0.2) is 6.61 Å². The molecule has 0 aliphatic rings. The molecule has 0 saturated heterocycles. The van der Waals surface area contributed by atoms with Gasteiger partial charge in [0, 0.05) is 11.6 Å². The number of hydrogen-bond donors (Lipinski definition) is 1. The second-order valence-corrected chi connectivity index (χ2v) is 5.85. The third-order valence-electron chi connectivity index (χ3n) is 3.74. The Morgan fingerprint density at radius 3 is 2.48 bits per heavy atom. The quantitative estimate of drug-likeness (QED) is 0.841. The Morgan fingerprint density at radius 2 is 1.84 bits per heavy atom. The van der Waals surface area contributed by atoms with Crippen LogP contribution in [-0.2, 0) is 9.53 Å². The Bertz CT molecular complexity index is 805. The van der Waals surface area contributed by atoms with Gasteiger partial charge < -0.3 is 10.1 Å². The number of rotatable bonds is 5. The van der Waals surface area contributed by atoms with Crippen molar-refractivity contribution in [3.05, 3.63) is 70.3 Å². The molecule has 1 atom stereocenters. The van der Waals surface area contributed by atoms with Crippen LogP contribution in [0.25, 0.3) is 0 Å². The first kappa shape index (κ1) is 18.6. The number of aryl methyl sites for hydroxylation is 2. The first-order valence-corrected chi connectivity index (χ1v) is 7.76. The molecule has 0 unspecified atom stereocenters. The van der Waals surface area contributed by atoms with Gasteiger partial charge in [-0.2, -0.15) is 0 Å². The predicted octanol–water partition coefficient (Wildman–Crippen LogP) is 3.62. The van der Waals surface area contributed by atoms with Crippen LogP contribution >= 0.6 is 0 Å². The topological polar surface area (TPSA) is 55.4 Å². The number of benzene rings is 2. The van der Waals surface area contributed by atoms with E-state index in [9.17, 15) is 18.4 Å². The largest absolute Gasteiger partial charge is 0.452 e. The molecule has 0 heterocycles. The lowest BCUT2D eigenvalue weighted by Gasteiger charge is -2.15. The van der Waals surface area contributed by atoms with Crippen molar-refractivity contribution in [1.29, 1.82) is 0 Å². The van der Waals surface area contributed by atoms with Crippen molar-refractivity contribution in [3.63, 3.8) is 0 Å². The standard InChI is InChI=1S/C19H19F2NO3/c1-11-4-6-15(12(2)8-11)19(24)25-10-18(23)22-13(3)16-7-5-14(20)9-17(16)21/h4-9,13H,10H2,1-3H3,(H,22,23)/t13-/m0/s1. The van der Waals surface area contributed by atoms with Crippen LogP contribution in [0, 0.1) is 25.5 Å². The van der Waals surface area contributed by atoms with Crippen molar-refractivity contribution in [2.24, 2.45) is 0 Å². The Balaban J connectivity index is 1.92. The second kappa shape index (κ2) is 7.88. The molecule has 2 aromatic carbocycles. The fourth-order valence-corrected chi connectivity index (χ4v) is 2.47. The molecule has 0 fully saturated rings. The third-order valence-corrected chi connectivity index (χ3v) is 3.74. The van der Waals surface area contributed by atoms with Crippen molar-refractivity contribution >= 4 is 11.9 Å². The Kier molecular flexibility index (Phi) is 5.85. The van der Waals surface area contributed by atoms with E-state index in [1.54, 1.807) is 26.0 Å². The normalized spacial score (nSPS) is 11.7. The van der Waals surface area contributed by atoms with Gasteiger partial charge in [-0.3, -0.25) is 4.79 Å². The van der Waals surface area contributed by atoms with Gasteiger partial charge in [-0.05, 0) is 38.5 Å². The number of carbonyl (C=O) groups is 2. The van der Waals surface area contributed by atoms with Gasteiger partial charge in [-0.1, -0.05) is 23.8 Å². The summed E-state index contributed by atoms with van der Waals surface area (Å²) in [5.41, 5.74) is 2.31. The first-order valence-electron chi connectivity index (χ1n) is 7.76. The van der Waals surface area contributed by atoms with Crippen LogP contribution in [0.15, 0.2) is 36.4 Å². The van der Waals surface area contributed by atoms with E-state index in [4.69, 9.17) is 4.74 Å². The molecule has 1 N–H and O–H groups in total. The minimum Gasteiger partial charge on any atom is -0.452 e. The highest BCUT2D eigenvalue weighted by atomic mass is 19.1. The van der Waals surface area contributed by atoms with E-state index in [0.717, 1.165) is 23.3 Å². The average molecular weight is 347 g/mol. The van der Waals surface area contributed by atoms with Gasteiger partial charge in [0.05, 0.1) is 11.6 Å². The summed E-state index contributed by atoms with van der Waals surface area (Å²) in [7, 11) is 0. The minimum absolute atomic E-state index is 0.149. The monoisotopic (exact) mass is 347 g/mol. The molecule has 0 bridgehead atoms. The maximum atomic E-state index is 13.7. The van der Waals surface area contributed by atoms with Gasteiger partial charge in [-0.25, -0.2) is 13.6 Å². The molecule has 0 saturated carbocycles. The summed E-state index contributed by atoms with van der Waals surface area (Å²) >= 11 is 0. The molecule has 0 aliphatic carbocycles. The van der Waals surface area contributed by atoms with Crippen LogP contribution in [0.5, 0.6) is 0 Å². The zero-order chi connectivity index (χ0) is 18.6. The summed E-state index contributed by atoms with van der Waals surface area (Å²) in [4.78, 5) is 23.9. The number of halogens is 2. The van der Waals surface area contributed by atoms with Crippen LogP contribution in [0.4, 0.5) is 8.78 Å². The number of hydrogen-bond acceptors (Lipinski definition) is 3. The second-order valence-electron chi connectivity index (χ2n) is 5.85. The van der Waals surface area contributed by atoms with Crippen molar-refractivity contribution < 1.29 is 23.1 Å². The Labute approximate surface area is 144 Å². The molecule has 0 aromatic heterocycles. The van der Waals surface area contributed by atoms with Crippen LogP contribution in [0.2, 0.25) is 0 Å². The molecule has 4 nitrogen and oxygen atoms in total. The van der Waals surface area contributed by atoms with Crippen molar-refractivity contribution in [1.82, 2.24) is 5.32 Å². The van der Waals surface area contributed by atoms with Crippen LogP contribution in [0.3, 0.4) is 0 Å². The summed E-state index contributed by atoms with van der Waals surface area (Å²) < 4.78 is 31.6. The lowest BCUT2D eigenvalue weighted by atomic mass is 10.1. The molecule has 6 heteroatoms. The fraction of sp³-hybridized carbons (Fsp3) is 0.263. The fourth-order valence-electron chi connectivity index (χ4n) is 2.47. The molecule has 2 rings (SSSR count). The lowest BCUT2D eigenvalue weighted by Crippen LogP contribution is -2.31. The van der Waals surface area contributed by atoms with Gasteiger partial charge in [0.25, 0.3) is 5.91 Å². The molecule has 0 aliphatic heterocycles. The van der Waals surface area contributed by atoms with Gasteiger partial charge in [0.1, 0.15) is 11.6 Å². The lowest BCUT2D eigenvalue weighted by molar-refractivity contribution is -0.124. The van der Waals surface area contributed by atoms with Crippen LogP contribution < -0.4 is 5.32 Å². The predicted molar refractivity (Wildman–Crippen MR) is 89.1 cm³/mol. The van der Waals surface area contributed by atoms with Gasteiger partial charge >= 0.3 is 5.97 Å². The molecule has 25 heavy (non-hydrogen) atoms.